The first-order chi connectivity index (χ1) is 17.7. The lowest BCUT2D eigenvalue weighted by Crippen LogP contribution is -2.42. The molecule has 2 aliphatic heterocycles. The topological polar surface area (TPSA) is 114 Å². The normalized spacial score (nSPS) is 17.3. The van der Waals surface area contributed by atoms with Crippen LogP contribution in [0, 0.1) is 16.0 Å². The monoisotopic (exact) mass is 542 g/mol. The fraction of sp³-hybridized carbons (Fsp3) is 0.346. The molecule has 2 aromatic carbocycles. The number of amides is 1. The number of hydrogen-bond donors (Lipinski definition) is 1. The van der Waals surface area contributed by atoms with Crippen molar-refractivity contribution in [3.63, 3.8) is 0 Å². The van der Waals surface area contributed by atoms with Crippen molar-refractivity contribution >= 4 is 51.8 Å². The highest BCUT2D eigenvalue weighted by molar-refractivity contribution is 8.13. The SMILES string of the molecule is CC1=C(C(=O)OCC(C)C)C(c2cccc(NC(=O)c3ccc(Cl)c([N+](=O)[O-])c3)c2)N2CCCSC2=N1. The number of ether oxygens (including phenoxy) is 1. The number of thioether (sulfide) groups is 1. The van der Waals surface area contributed by atoms with E-state index in [0.29, 0.717) is 23.6 Å². The smallest absolute Gasteiger partial charge is 0.338 e. The van der Waals surface area contributed by atoms with Gasteiger partial charge in [-0.2, -0.15) is 0 Å². The predicted molar refractivity (Wildman–Crippen MR) is 145 cm³/mol. The molecule has 9 nitrogen and oxygen atoms in total. The second kappa shape index (κ2) is 11.4. The van der Waals surface area contributed by atoms with Gasteiger partial charge in [-0.25, -0.2) is 9.79 Å². The first kappa shape index (κ1) is 26.7. The van der Waals surface area contributed by atoms with Gasteiger partial charge in [0.2, 0.25) is 0 Å². The van der Waals surface area contributed by atoms with Gasteiger partial charge in [0.25, 0.3) is 11.6 Å². The zero-order chi connectivity index (χ0) is 26.7. The van der Waals surface area contributed by atoms with E-state index in [0.717, 1.165) is 35.5 Å². The van der Waals surface area contributed by atoms with E-state index in [4.69, 9.17) is 21.3 Å². The van der Waals surface area contributed by atoms with E-state index < -0.39 is 22.8 Å². The molecule has 2 aromatic rings. The van der Waals surface area contributed by atoms with Crippen molar-refractivity contribution in [1.82, 2.24) is 4.90 Å². The van der Waals surface area contributed by atoms with E-state index in [2.05, 4.69) is 10.2 Å². The summed E-state index contributed by atoms with van der Waals surface area (Å²) >= 11 is 7.53. The van der Waals surface area contributed by atoms with Crippen LogP contribution in [0.1, 0.15) is 49.2 Å². The fourth-order valence-corrected chi connectivity index (χ4v) is 5.39. The second-order valence-corrected chi connectivity index (χ2v) is 10.7. The molecule has 0 aliphatic carbocycles. The number of rotatable bonds is 7. The van der Waals surface area contributed by atoms with Crippen LogP contribution in [0.3, 0.4) is 0 Å². The molecule has 0 spiro atoms. The van der Waals surface area contributed by atoms with Crippen molar-refractivity contribution in [2.24, 2.45) is 10.9 Å². The fourth-order valence-electron chi connectivity index (χ4n) is 4.18. The second-order valence-electron chi connectivity index (χ2n) is 9.19. The average molecular weight is 543 g/mol. The number of fused-ring (bicyclic) bond motifs is 1. The summed E-state index contributed by atoms with van der Waals surface area (Å²) in [6.45, 7) is 6.81. The Kier molecular flexibility index (Phi) is 8.19. The van der Waals surface area contributed by atoms with E-state index in [1.54, 1.807) is 30.0 Å². The van der Waals surface area contributed by atoms with Crippen LogP contribution >= 0.6 is 23.4 Å². The number of nitrogens with one attached hydrogen (secondary N) is 1. The highest BCUT2D eigenvalue weighted by Crippen LogP contribution is 2.40. The van der Waals surface area contributed by atoms with Crippen molar-refractivity contribution in [3.8, 4) is 0 Å². The van der Waals surface area contributed by atoms with Crippen LogP contribution in [0.25, 0.3) is 0 Å². The Morgan fingerprint density at radius 2 is 2.08 bits per heavy atom. The average Bonchev–Trinajstić information content (AvgIpc) is 2.86. The van der Waals surface area contributed by atoms with Gasteiger partial charge in [-0.05, 0) is 49.1 Å². The molecule has 11 heteroatoms. The Hall–Kier alpha value is -3.37. The largest absolute Gasteiger partial charge is 0.462 e. The number of amidine groups is 1. The summed E-state index contributed by atoms with van der Waals surface area (Å²) in [5.41, 5.74) is 2.14. The number of nitrogens with zero attached hydrogens (tertiary/aromatic N) is 3. The lowest BCUT2D eigenvalue weighted by atomic mass is 9.94. The van der Waals surface area contributed by atoms with Gasteiger partial charge in [0.15, 0.2) is 5.17 Å². The van der Waals surface area contributed by atoms with Crippen LogP contribution in [0.5, 0.6) is 0 Å². The zero-order valence-corrected chi connectivity index (χ0v) is 22.3. The standard InChI is InChI=1S/C26H27ClN4O5S/c1-15(2)14-36-25(33)22-16(3)28-26-30(10-5-11-37-26)23(22)17-6-4-7-19(12-17)29-24(32)18-8-9-20(27)21(13-18)31(34)35/h4,6-9,12-13,15,23H,5,10-11,14H2,1-3H3,(H,29,32). The molecule has 1 unspecified atom stereocenters. The van der Waals surface area contributed by atoms with Gasteiger partial charge < -0.3 is 15.0 Å². The van der Waals surface area contributed by atoms with Crippen molar-refractivity contribution in [3.05, 3.63) is 80.0 Å². The van der Waals surface area contributed by atoms with Gasteiger partial charge in [-0.1, -0.05) is 49.3 Å². The third kappa shape index (κ3) is 5.97. The summed E-state index contributed by atoms with van der Waals surface area (Å²) in [6, 6.07) is 10.7. The van der Waals surface area contributed by atoms with Crippen molar-refractivity contribution in [2.75, 3.05) is 24.2 Å². The number of aliphatic imine (C=N–C) groups is 1. The predicted octanol–water partition coefficient (Wildman–Crippen LogP) is 5.82. The number of benzene rings is 2. The molecule has 2 aliphatic rings. The molecule has 0 radical (unpaired) electrons. The summed E-state index contributed by atoms with van der Waals surface area (Å²) in [4.78, 5) is 43.5. The minimum Gasteiger partial charge on any atom is -0.462 e. The van der Waals surface area contributed by atoms with Crippen LogP contribution in [-0.4, -0.2) is 45.8 Å². The Morgan fingerprint density at radius 1 is 1.30 bits per heavy atom. The minimum absolute atomic E-state index is 0.0447. The molecular formula is C26H27ClN4O5S. The molecule has 4 rings (SSSR count). The van der Waals surface area contributed by atoms with Crippen LogP contribution < -0.4 is 5.32 Å². The number of nitro groups is 1. The van der Waals surface area contributed by atoms with Crippen molar-refractivity contribution in [2.45, 2.75) is 33.2 Å². The van der Waals surface area contributed by atoms with Crippen LogP contribution in [0.15, 0.2) is 58.7 Å². The van der Waals surface area contributed by atoms with E-state index in [1.807, 2.05) is 26.8 Å². The van der Waals surface area contributed by atoms with Gasteiger partial charge in [-0.15, -0.1) is 0 Å². The molecule has 194 valence electrons. The van der Waals surface area contributed by atoms with Crippen molar-refractivity contribution < 1.29 is 19.2 Å². The quantitative estimate of drug-likeness (QED) is 0.266. The molecule has 1 atom stereocenters. The molecule has 0 bridgehead atoms. The maximum atomic E-state index is 13.2. The highest BCUT2D eigenvalue weighted by atomic mass is 35.5. The number of allylic oxidation sites excluding steroid dienone is 1. The maximum absolute atomic E-state index is 13.2. The van der Waals surface area contributed by atoms with E-state index in [-0.39, 0.29) is 22.2 Å². The first-order valence-corrected chi connectivity index (χ1v) is 13.2. The lowest BCUT2D eigenvalue weighted by Gasteiger charge is -2.40. The summed E-state index contributed by atoms with van der Waals surface area (Å²) in [5, 5.41) is 14.8. The number of nitro benzene ring substituents is 1. The number of carbonyl (C=O) groups excluding carboxylic acids is 2. The first-order valence-electron chi connectivity index (χ1n) is 11.9. The molecule has 0 aromatic heterocycles. The zero-order valence-electron chi connectivity index (χ0n) is 20.7. The molecule has 2 heterocycles. The van der Waals surface area contributed by atoms with Gasteiger partial charge in [0.05, 0.1) is 28.8 Å². The number of anilines is 1. The summed E-state index contributed by atoms with van der Waals surface area (Å²) in [6.07, 6.45) is 0.944. The summed E-state index contributed by atoms with van der Waals surface area (Å²) in [5.74, 6) is 0.224. The Labute approximate surface area is 224 Å². The third-order valence-electron chi connectivity index (χ3n) is 5.89. The number of hydrogen-bond acceptors (Lipinski definition) is 8. The van der Waals surface area contributed by atoms with Gasteiger partial charge in [0, 0.05) is 29.6 Å². The number of carbonyl (C=O) groups is 2. The lowest BCUT2D eigenvalue weighted by molar-refractivity contribution is -0.384. The molecule has 0 saturated carbocycles. The van der Waals surface area contributed by atoms with E-state index >= 15 is 0 Å². The molecule has 37 heavy (non-hydrogen) atoms. The van der Waals surface area contributed by atoms with Gasteiger partial charge in [0.1, 0.15) is 5.02 Å². The summed E-state index contributed by atoms with van der Waals surface area (Å²) < 4.78 is 5.60. The number of halogens is 1. The molecule has 1 saturated heterocycles. The Balaban J connectivity index is 1.66. The van der Waals surface area contributed by atoms with Gasteiger partial charge in [-0.3, -0.25) is 14.9 Å². The molecular weight excluding hydrogens is 516 g/mol. The van der Waals surface area contributed by atoms with E-state index in [9.17, 15) is 19.7 Å². The minimum atomic E-state index is -0.632. The van der Waals surface area contributed by atoms with E-state index in [1.165, 1.54) is 12.1 Å². The number of esters is 1. The Bertz CT molecular complexity index is 1310. The van der Waals surface area contributed by atoms with Crippen molar-refractivity contribution in [1.29, 1.82) is 0 Å². The van der Waals surface area contributed by atoms with Crippen LogP contribution in [-0.2, 0) is 9.53 Å². The third-order valence-corrected chi connectivity index (χ3v) is 7.29. The Morgan fingerprint density at radius 3 is 2.81 bits per heavy atom. The molecule has 1 fully saturated rings. The van der Waals surface area contributed by atoms with Crippen LogP contribution in [0.2, 0.25) is 5.02 Å². The highest BCUT2D eigenvalue weighted by Gasteiger charge is 2.38. The molecule has 1 amide bonds. The van der Waals surface area contributed by atoms with Gasteiger partial charge >= 0.3 is 5.97 Å². The maximum Gasteiger partial charge on any atom is 0.338 e. The molecule has 1 N–H and O–H groups in total. The summed E-state index contributed by atoms with van der Waals surface area (Å²) in [7, 11) is 0. The van der Waals surface area contributed by atoms with Crippen LogP contribution in [0.4, 0.5) is 11.4 Å².